The zero-order chi connectivity index (χ0) is 42.4. The summed E-state index contributed by atoms with van der Waals surface area (Å²) in [5.74, 6) is 0.635. The molecule has 0 saturated heterocycles. The van der Waals surface area contributed by atoms with Crippen molar-refractivity contribution >= 4 is 23.5 Å². The lowest BCUT2D eigenvalue weighted by Crippen LogP contribution is -2.65. The number of halogens is 1. The lowest BCUT2D eigenvalue weighted by molar-refractivity contribution is -0.233. The highest BCUT2D eigenvalue weighted by atomic mass is 35.5. The van der Waals surface area contributed by atoms with E-state index in [1.165, 1.54) is 25.7 Å². The molecule has 0 spiro atoms. The zero-order valence-electron chi connectivity index (χ0n) is 37.5. The normalized spacial score (nSPS) is 34.4. The molecule has 1 N–H and O–H groups in total. The number of fused-ring (bicyclic) bond motifs is 7. The molecule has 1 aromatic heterocycles. The van der Waals surface area contributed by atoms with Crippen molar-refractivity contribution in [3.63, 3.8) is 0 Å². The highest BCUT2D eigenvalue weighted by molar-refractivity contribution is 6.30. The number of hydrogen-bond acceptors (Lipinski definition) is 5. The van der Waals surface area contributed by atoms with Crippen LogP contribution in [0.15, 0.2) is 46.3 Å². The molecule has 7 rings (SSSR count). The van der Waals surface area contributed by atoms with Crippen molar-refractivity contribution in [2.75, 3.05) is 20.6 Å². The fourth-order valence-corrected chi connectivity index (χ4v) is 14.4. The van der Waals surface area contributed by atoms with Crippen molar-refractivity contribution in [2.24, 2.45) is 56.2 Å². The Labute approximate surface area is 353 Å². The van der Waals surface area contributed by atoms with Crippen molar-refractivity contribution in [2.45, 2.75) is 152 Å². The minimum Gasteiger partial charge on any atom is -0.481 e. The Morgan fingerprint density at radius 3 is 2.26 bits per heavy atom. The predicted octanol–water partition coefficient (Wildman–Crippen LogP) is 10.6. The van der Waals surface area contributed by atoms with Crippen LogP contribution in [0.25, 0.3) is 5.69 Å². The molecule has 320 valence electrons. The standard InChI is InChI=1S/C49H72ClN3O5/c1-31(2)35-18-23-49(29-34-28-40(54)53(52(34)27-26-51(10)11)33-14-12-32(50)13-15-33)25-24-47(8)36(42(35)49)16-17-38-46(7)21-20-39(58-41(55)30-44(3,4)43(56)57)45(5,6)37(46)19-22-48(38,47)9/h12-15,28,31,36-39H,16-27,29-30H2,1-11H3,(H,56,57)/t36-,37+,38-,39+,46+,47-,48-,49?/m1/s1. The van der Waals surface area contributed by atoms with Crippen LogP contribution in [0.3, 0.4) is 0 Å². The van der Waals surface area contributed by atoms with E-state index in [2.05, 4.69) is 72.1 Å². The summed E-state index contributed by atoms with van der Waals surface area (Å²) < 4.78 is 10.4. The van der Waals surface area contributed by atoms with E-state index in [9.17, 15) is 19.5 Å². The number of aliphatic carboxylic acids is 1. The third kappa shape index (κ3) is 6.86. The Morgan fingerprint density at radius 1 is 0.931 bits per heavy atom. The van der Waals surface area contributed by atoms with Crippen LogP contribution in [0.1, 0.15) is 139 Å². The van der Waals surface area contributed by atoms with Gasteiger partial charge in [0, 0.05) is 28.7 Å². The fraction of sp³-hybridized carbons (Fsp3) is 0.735. The fourth-order valence-electron chi connectivity index (χ4n) is 14.3. The summed E-state index contributed by atoms with van der Waals surface area (Å²) in [6, 6.07) is 9.59. The van der Waals surface area contributed by atoms with Gasteiger partial charge < -0.3 is 14.7 Å². The van der Waals surface area contributed by atoms with Gasteiger partial charge in [-0.3, -0.25) is 19.1 Å². The SMILES string of the molecule is CC(C)C1=C2[C@H]3CC[C@@H]4[C@@]5(C)CC[C@H](OC(=O)CC(C)(C)C(=O)O)C(C)(C)[C@@H]5CC[C@@]4(C)[C@]3(C)CCC2(Cc2cc(=O)n(-c3ccc(Cl)cc3)n2CCN(C)C)CC1. The van der Waals surface area contributed by atoms with Gasteiger partial charge in [-0.25, -0.2) is 4.68 Å². The Balaban J connectivity index is 1.20. The van der Waals surface area contributed by atoms with Gasteiger partial charge in [0.05, 0.1) is 24.1 Å². The first-order valence-electron chi connectivity index (χ1n) is 22.4. The summed E-state index contributed by atoms with van der Waals surface area (Å²) in [7, 11) is 4.19. The van der Waals surface area contributed by atoms with Crippen LogP contribution < -0.4 is 5.56 Å². The van der Waals surface area contributed by atoms with E-state index in [1.807, 2.05) is 35.0 Å². The number of rotatable bonds is 11. The number of aromatic nitrogens is 2. The van der Waals surface area contributed by atoms with Gasteiger partial charge in [-0.15, -0.1) is 0 Å². The highest BCUT2D eigenvalue weighted by Gasteiger charge is 2.69. The molecule has 4 fully saturated rings. The first kappa shape index (κ1) is 43.3. The number of carboxylic acids is 1. The molecule has 0 aliphatic heterocycles. The van der Waals surface area contributed by atoms with Gasteiger partial charge in [0.25, 0.3) is 5.56 Å². The van der Waals surface area contributed by atoms with E-state index in [-0.39, 0.29) is 45.2 Å². The van der Waals surface area contributed by atoms with Crippen LogP contribution in [0.2, 0.25) is 5.02 Å². The van der Waals surface area contributed by atoms with Gasteiger partial charge in [-0.2, -0.15) is 0 Å². The first-order chi connectivity index (χ1) is 27.0. The number of hydrogen-bond donors (Lipinski definition) is 1. The Morgan fingerprint density at radius 2 is 1.62 bits per heavy atom. The van der Waals surface area contributed by atoms with E-state index in [0.29, 0.717) is 28.7 Å². The molecule has 2 aromatic rings. The van der Waals surface area contributed by atoms with Gasteiger partial charge >= 0.3 is 11.9 Å². The monoisotopic (exact) mass is 818 g/mol. The maximum Gasteiger partial charge on any atom is 0.309 e. The van der Waals surface area contributed by atoms with Crippen LogP contribution in [-0.2, 0) is 27.3 Å². The van der Waals surface area contributed by atoms with Gasteiger partial charge in [0.1, 0.15) is 6.10 Å². The van der Waals surface area contributed by atoms with E-state index >= 15 is 0 Å². The summed E-state index contributed by atoms with van der Waals surface area (Å²) in [5.41, 5.74) is 4.60. The second-order valence-electron chi connectivity index (χ2n) is 22.1. The number of allylic oxidation sites excluding steroid dienone is 2. The number of ether oxygens (including phenoxy) is 1. The minimum absolute atomic E-state index is 0.0234. The molecule has 1 unspecified atom stereocenters. The molecule has 58 heavy (non-hydrogen) atoms. The third-order valence-corrected chi connectivity index (χ3v) is 17.9. The van der Waals surface area contributed by atoms with Crippen LogP contribution in [0, 0.1) is 56.2 Å². The van der Waals surface area contributed by atoms with Crippen LogP contribution in [0.4, 0.5) is 0 Å². The molecule has 9 heteroatoms. The summed E-state index contributed by atoms with van der Waals surface area (Å²) in [4.78, 5) is 41.2. The van der Waals surface area contributed by atoms with Crippen LogP contribution in [-0.4, -0.2) is 58.1 Å². The molecule has 5 aliphatic carbocycles. The van der Waals surface area contributed by atoms with Crippen molar-refractivity contribution in [1.29, 1.82) is 0 Å². The molecule has 5 aliphatic rings. The Hall–Kier alpha value is -2.84. The summed E-state index contributed by atoms with van der Waals surface area (Å²) >= 11 is 6.30. The first-order valence-corrected chi connectivity index (χ1v) is 22.8. The second-order valence-corrected chi connectivity index (χ2v) is 22.5. The van der Waals surface area contributed by atoms with E-state index in [1.54, 1.807) is 25.0 Å². The third-order valence-electron chi connectivity index (χ3n) is 17.6. The lowest BCUT2D eigenvalue weighted by Gasteiger charge is -2.72. The highest BCUT2D eigenvalue weighted by Crippen LogP contribution is 2.77. The van der Waals surface area contributed by atoms with Crippen molar-refractivity contribution < 1.29 is 19.4 Å². The number of nitrogens with zero attached hydrogens (tertiary/aromatic N) is 3. The van der Waals surface area contributed by atoms with Crippen LogP contribution in [0.5, 0.6) is 0 Å². The number of carbonyl (C=O) groups excluding carboxylic acids is 1. The largest absolute Gasteiger partial charge is 0.481 e. The van der Waals surface area contributed by atoms with Crippen LogP contribution >= 0.6 is 11.6 Å². The molecular formula is C49H72ClN3O5. The number of benzene rings is 1. The van der Waals surface area contributed by atoms with Crippen molar-refractivity contribution in [3.8, 4) is 5.69 Å². The van der Waals surface area contributed by atoms with Gasteiger partial charge in [0.15, 0.2) is 0 Å². The zero-order valence-corrected chi connectivity index (χ0v) is 38.2. The number of likely N-dealkylation sites (N-methyl/N-ethyl adjacent to an activating group) is 1. The smallest absolute Gasteiger partial charge is 0.309 e. The molecule has 1 heterocycles. The molecule has 0 amide bonds. The molecule has 1 aromatic carbocycles. The average molecular weight is 819 g/mol. The second kappa shape index (κ2) is 15.0. The number of carbonyl (C=O) groups is 2. The quantitative estimate of drug-likeness (QED) is 0.179. The molecular weight excluding hydrogens is 746 g/mol. The summed E-state index contributed by atoms with van der Waals surface area (Å²) in [6.07, 6.45) is 11.8. The van der Waals surface area contributed by atoms with E-state index in [0.717, 1.165) is 69.4 Å². The molecule has 4 saturated carbocycles. The number of esters is 1. The van der Waals surface area contributed by atoms with E-state index in [4.69, 9.17) is 16.3 Å². The summed E-state index contributed by atoms with van der Waals surface area (Å²) in [6.45, 7) is 22.1. The molecule has 8 atom stereocenters. The van der Waals surface area contributed by atoms with Crippen molar-refractivity contribution in [1.82, 2.24) is 14.3 Å². The van der Waals surface area contributed by atoms with Crippen molar-refractivity contribution in [3.05, 3.63) is 62.5 Å². The maximum atomic E-state index is 14.0. The topological polar surface area (TPSA) is 93.8 Å². The van der Waals surface area contributed by atoms with E-state index < -0.39 is 17.4 Å². The predicted molar refractivity (Wildman–Crippen MR) is 232 cm³/mol. The molecule has 8 nitrogen and oxygen atoms in total. The average Bonchev–Trinajstić information content (AvgIpc) is 3.66. The Bertz CT molecular complexity index is 2010. The minimum atomic E-state index is -1.15. The summed E-state index contributed by atoms with van der Waals surface area (Å²) in [5, 5.41) is 10.3. The molecule has 0 bridgehead atoms. The number of carboxylic acid groups (broad SMARTS) is 1. The lowest BCUT2D eigenvalue weighted by atomic mass is 9.33. The Kier molecular flexibility index (Phi) is 11.2. The van der Waals surface area contributed by atoms with Gasteiger partial charge in [-0.1, -0.05) is 71.2 Å². The maximum absolute atomic E-state index is 14.0. The van der Waals surface area contributed by atoms with Gasteiger partial charge in [-0.05, 0) is 168 Å². The molecule has 0 radical (unpaired) electrons. The van der Waals surface area contributed by atoms with Gasteiger partial charge in [0.2, 0.25) is 0 Å².